The van der Waals surface area contributed by atoms with Gasteiger partial charge in [-0.3, -0.25) is 9.58 Å². The average Bonchev–Trinajstić information content (AvgIpc) is 2.95. The lowest BCUT2D eigenvalue weighted by Gasteiger charge is -2.39. The molecule has 0 aliphatic carbocycles. The Kier molecular flexibility index (Phi) is 5.04. The molecule has 152 valence electrons. The molecule has 0 radical (unpaired) electrons. The van der Waals surface area contributed by atoms with E-state index in [9.17, 15) is 9.90 Å². The lowest BCUT2D eigenvalue weighted by molar-refractivity contribution is -0.159. The minimum atomic E-state index is -1.18. The van der Waals surface area contributed by atoms with Gasteiger partial charge < -0.3 is 9.84 Å². The lowest BCUT2D eigenvalue weighted by Crippen LogP contribution is -2.53. The first-order chi connectivity index (χ1) is 13.9. The number of rotatable bonds is 5. The number of aromatic nitrogens is 2. The Morgan fingerprint density at radius 2 is 1.83 bits per heavy atom. The number of carboxylic acids is 1. The summed E-state index contributed by atoms with van der Waals surface area (Å²) in [7, 11) is 1.95. The van der Waals surface area contributed by atoms with Gasteiger partial charge in [-0.15, -0.1) is 0 Å². The number of aliphatic carboxylic acids is 1. The van der Waals surface area contributed by atoms with Crippen LogP contribution in [0, 0.1) is 13.8 Å². The van der Waals surface area contributed by atoms with E-state index in [2.05, 4.69) is 16.9 Å². The molecule has 6 heteroatoms. The molecule has 29 heavy (non-hydrogen) atoms. The maximum Gasteiger partial charge on any atom is 0.348 e. The molecule has 6 nitrogen and oxygen atoms in total. The first kappa shape index (κ1) is 19.5. The molecule has 0 bridgehead atoms. The molecule has 0 spiro atoms. The van der Waals surface area contributed by atoms with Crippen LogP contribution in [0.1, 0.15) is 29.8 Å². The van der Waals surface area contributed by atoms with Crippen molar-refractivity contribution in [3.63, 3.8) is 0 Å². The second-order valence-electron chi connectivity index (χ2n) is 7.96. The summed E-state index contributed by atoms with van der Waals surface area (Å²) in [5, 5.41) is 16.6. The quantitative estimate of drug-likeness (QED) is 0.716. The molecule has 2 aromatic carbocycles. The largest absolute Gasteiger partial charge is 0.478 e. The fraction of sp³-hybridized carbons (Fsp3) is 0.391. The molecule has 1 aliphatic heterocycles. The van der Waals surface area contributed by atoms with Gasteiger partial charge in [-0.1, -0.05) is 30.3 Å². The number of benzene rings is 2. The fourth-order valence-corrected chi connectivity index (χ4v) is 4.16. The number of piperidine rings is 1. The Morgan fingerprint density at radius 1 is 1.14 bits per heavy atom. The van der Waals surface area contributed by atoms with Crippen molar-refractivity contribution in [3.05, 3.63) is 59.4 Å². The first-order valence-corrected chi connectivity index (χ1v) is 10.0. The minimum absolute atomic E-state index is 0.452. The zero-order valence-electron chi connectivity index (χ0n) is 17.2. The highest BCUT2D eigenvalue weighted by Crippen LogP contribution is 2.32. The van der Waals surface area contributed by atoms with Gasteiger partial charge in [0.05, 0.1) is 5.69 Å². The van der Waals surface area contributed by atoms with E-state index in [1.165, 1.54) is 5.56 Å². The standard InChI is InChI=1S/C23H27N3O3/c1-16-21(17(2)25(3)24-16)15-26-12-10-23(11-13-26,22(27)28)29-20-9-8-18-6-4-5-7-19(18)14-20/h4-9,14H,10-13,15H2,1-3H3,(H,27,28). The molecule has 1 N–H and O–H groups in total. The minimum Gasteiger partial charge on any atom is -0.478 e. The van der Waals surface area contributed by atoms with Crippen LogP contribution in [0.3, 0.4) is 0 Å². The van der Waals surface area contributed by atoms with Crippen LogP contribution in [0.5, 0.6) is 5.75 Å². The smallest absolute Gasteiger partial charge is 0.348 e. The summed E-state index contributed by atoms with van der Waals surface area (Å²) < 4.78 is 8.02. The Hall–Kier alpha value is -2.86. The number of fused-ring (bicyclic) bond motifs is 1. The third-order valence-electron chi connectivity index (χ3n) is 6.13. The highest BCUT2D eigenvalue weighted by atomic mass is 16.5. The first-order valence-electron chi connectivity index (χ1n) is 10.0. The number of hydrogen-bond acceptors (Lipinski definition) is 4. The average molecular weight is 393 g/mol. The van der Waals surface area contributed by atoms with Gasteiger partial charge in [0.1, 0.15) is 5.75 Å². The lowest BCUT2D eigenvalue weighted by atomic mass is 9.90. The number of carbonyl (C=O) groups is 1. The van der Waals surface area contributed by atoms with Crippen molar-refractivity contribution in [1.82, 2.24) is 14.7 Å². The van der Waals surface area contributed by atoms with Gasteiger partial charge in [-0.05, 0) is 36.8 Å². The number of carboxylic acid groups (broad SMARTS) is 1. The van der Waals surface area contributed by atoms with Crippen LogP contribution < -0.4 is 4.74 Å². The van der Waals surface area contributed by atoms with Crippen molar-refractivity contribution < 1.29 is 14.6 Å². The van der Waals surface area contributed by atoms with E-state index >= 15 is 0 Å². The van der Waals surface area contributed by atoms with Gasteiger partial charge in [0.15, 0.2) is 0 Å². The Labute approximate surface area is 170 Å². The number of ether oxygens (including phenoxy) is 1. The Balaban J connectivity index is 1.49. The topological polar surface area (TPSA) is 67.6 Å². The van der Waals surface area contributed by atoms with E-state index in [0.29, 0.717) is 31.7 Å². The van der Waals surface area contributed by atoms with Gasteiger partial charge in [0.2, 0.25) is 5.60 Å². The van der Waals surface area contributed by atoms with Crippen LogP contribution >= 0.6 is 0 Å². The van der Waals surface area contributed by atoms with Crippen LogP contribution in [0.15, 0.2) is 42.5 Å². The monoisotopic (exact) mass is 393 g/mol. The highest BCUT2D eigenvalue weighted by Gasteiger charge is 2.44. The second kappa shape index (κ2) is 7.52. The summed E-state index contributed by atoms with van der Waals surface area (Å²) in [5.41, 5.74) is 2.24. The molecule has 4 rings (SSSR count). The maximum absolute atomic E-state index is 12.2. The molecule has 2 heterocycles. The van der Waals surface area contributed by atoms with Crippen molar-refractivity contribution >= 4 is 16.7 Å². The van der Waals surface area contributed by atoms with Crippen molar-refractivity contribution in [2.75, 3.05) is 13.1 Å². The van der Waals surface area contributed by atoms with Crippen LogP contribution in [0.4, 0.5) is 0 Å². The molecule has 3 aromatic rings. The molecular weight excluding hydrogens is 366 g/mol. The summed E-state index contributed by atoms with van der Waals surface area (Å²) >= 11 is 0. The molecule has 1 saturated heterocycles. The van der Waals surface area contributed by atoms with Gasteiger partial charge in [-0.25, -0.2) is 4.79 Å². The third kappa shape index (κ3) is 3.72. The number of likely N-dealkylation sites (tertiary alicyclic amines) is 1. The van der Waals surface area contributed by atoms with E-state index in [1.54, 1.807) is 0 Å². The molecular formula is C23H27N3O3. The summed E-state index contributed by atoms with van der Waals surface area (Å²) in [6, 6.07) is 13.8. The number of nitrogens with zero attached hydrogens (tertiary/aromatic N) is 3. The number of aryl methyl sites for hydroxylation is 2. The molecule has 0 amide bonds. The molecule has 1 fully saturated rings. The zero-order valence-corrected chi connectivity index (χ0v) is 17.2. The van der Waals surface area contributed by atoms with Crippen LogP contribution in [-0.4, -0.2) is 44.4 Å². The van der Waals surface area contributed by atoms with E-state index in [1.807, 2.05) is 61.1 Å². The predicted molar refractivity (Wildman–Crippen MR) is 112 cm³/mol. The maximum atomic E-state index is 12.2. The predicted octanol–water partition coefficient (Wildman–Crippen LogP) is 3.69. The highest BCUT2D eigenvalue weighted by molar-refractivity contribution is 5.84. The van der Waals surface area contributed by atoms with E-state index in [0.717, 1.165) is 28.7 Å². The summed E-state index contributed by atoms with van der Waals surface area (Å²) in [5.74, 6) is -0.280. The van der Waals surface area contributed by atoms with Crippen molar-refractivity contribution in [2.45, 2.75) is 38.8 Å². The summed E-state index contributed by atoms with van der Waals surface area (Å²) in [4.78, 5) is 14.5. The Bertz CT molecular complexity index is 1050. The number of hydrogen-bond donors (Lipinski definition) is 1. The molecule has 1 aromatic heterocycles. The van der Waals surface area contributed by atoms with Gasteiger partial charge in [-0.2, -0.15) is 5.10 Å². The summed E-state index contributed by atoms with van der Waals surface area (Å²) in [6.45, 7) is 6.23. The fourth-order valence-electron chi connectivity index (χ4n) is 4.16. The van der Waals surface area contributed by atoms with Crippen molar-refractivity contribution in [1.29, 1.82) is 0 Å². The Morgan fingerprint density at radius 3 is 2.45 bits per heavy atom. The van der Waals surface area contributed by atoms with Crippen LogP contribution in [0.2, 0.25) is 0 Å². The normalized spacial score (nSPS) is 16.8. The summed E-state index contributed by atoms with van der Waals surface area (Å²) in [6.07, 6.45) is 0.904. The van der Waals surface area contributed by atoms with Crippen molar-refractivity contribution in [2.24, 2.45) is 7.05 Å². The SMILES string of the molecule is Cc1nn(C)c(C)c1CN1CCC(Oc2ccc3ccccc3c2)(C(=O)O)CC1. The van der Waals surface area contributed by atoms with E-state index in [-0.39, 0.29) is 0 Å². The zero-order chi connectivity index (χ0) is 20.6. The molecule has 1 aliphatic rings. The van der Waals surface area contributed by atoms with Crippen molar-refractivity contribution in [3.8, 4) is 5.75 Å². The van der Waals surface area contributed by atoms with Gasteiger partial charge in [0.25, 0.3) is 0 Å². The molecule has 0 saturated carbocycles. The molecule has 0 unspecified atom stereocenters. The second-order valence-corrected chi connectivity index (χ2v) is 7.96. The molecule has 0 atom stereocenters. The third-order valence-corrected chi connectivity index (χ3v) is 6.13. The van der Waals surface area contributed by atoms with Crippen LogP contribution in [-0.2, 0) is 18.4 Å². The van der Waals surface area contributed by atoms with Gasteiger partial charge >= 0.3 is 5.97 Å². The van der Waals surface area contributed by atoms with E-state index < -0.39 is 11.6 Å². The van der Waals surface area contributed by atoms with Crippen LogP contribution in [0.25, 0.3) is 10.8 Å². The van der Waals surface area contributed by atoms with Gasteiger partial charge in [0, 0.05) is 50.8 Å². The van der Waals surface area contributed by atoms with E-state index in [4.69, 9.17) is 4.74 Å².